The Labute approximate surface area is 265 Å². The third-order valence-electron chi connectivity index (χ3n) is 9.00. The van der Waals surface area contributed by atoms with Crippen LogP contribution in [0.25, 0.3) is 0 Å². The van der Waals surface area contributed by atoms with Crippen molar-refractivity contribution >= 4 is 43.2 Å². The molecule has 0 saturated carbocycles. The molecule has 0 bridgehead atoms. The van der Waals surface area contributed by atoms with E-state index in [1.807, 2.05) is 86.7 Å². The van der Waals surface area contributed by atoms with E-state index in [4.69, 9.17) is 11.6 Å². The molecule has 8 nitrogen and oxygen atoms in total. The molecule has 2 aromatic rings. The third-order valence-corrected chi connectivity index (χ3v) is 10.7. The highest BCUT2D eigenvalue weighted by Gasteiger charge is 2.44. The molecule has 236 valence electrons. The topological polar surface area (TPSA) is 115 Å². The van der Waals surface area contributed by atoms with Crippen LogP contribution < -0.4 is 9.80 Å². The third kappa shape index (κ3) is 6.28. The number of para-hydroxylation sites is 2. The van der Waals surface area contributed by atoms with Gasteiger partial charge in [0.25, 0.3) is 20.2 Å². The molecule has 2 aliphatic heterocycles. The zero-order chi connectivity index (χ0) is 32.2. The molecule has 44 heavy (non-hydrogen) atoms. The molecule has 0 radical (unpaired) electrons. The average Bonchev–Trinajstić information content (AvgIpc) is 3.25. The SMILES string of the molecule is CC1CC(/C=C/C2N(CS(=O)(=O)O)c3ccccc3C2(C)C)=C(Cl)C(=C/C=C2/N(CS(=O)(=O)O)c3ccccc3C2(C)C)/C1. The van der Waals surface area contributed by atoms with Crippen LogP contribution in [0.3, 0.4) is 0 Å². The Morgan fingerprint density at radius 2 is 1.45 bits per heavy atom. The lowest BCUT2D eigenvalue weighted by Gasteiger charge is -2.32. The van der Waals surface area contributed by atoms with Crippen molar-refractivity contribution in [3.63, 3.8) is 0 Å². The summed E-state index contributed by atoms with van der Waals surface area (Å²) < 4.78 is 67.4. The molecule has 0 amide bonds. The summed E-state index contributed by atoms with van der Waals surface area (Å²) in [5.74, 6) is -0.814. The molecule has 2 aromatic carbocycles. The Hall–Kier alpha value is -2.89. The molecule has 2 unspecified atom stereocenters. The van der Waals surface area contributed by atoms with Crippen LogP contribution >= 0.6 is 11.6 Å². The van der Waals surface area contributed by atoms with Gasteiger partial charge in [0.1, 0.15) is 5.88 Å². The molecular weight excluding hydrogens is 620 g/mol. The number of anilines is 2. The second-order valence-electron chi connectivity index (χ2n) is 13.1. The number of benzene rings is 2. The molecule has 5 rings (SSSR count). The van der Waals surface area contributed by atoms with E-state index in [1.54, 1.807) is 9.80 Å². The van der Waals surface area contributed by atoms with Gasteiger partial charge in [-0.15, -0.1) is 0 Å². The molecule has 0 saturated heterocycles. The minimum atomic E-state index is -4.30. The van der Waals surface area contributed by atoms with Crippen LogP contribution in [0.15, 0.2) is 94.7 Å². The lowest BCUT2D eigenvalue weighted by molar-refractivity contribution is 0.460. The normalized spacial score (nSPS) is 24.9. The van der Waals surface area contributed by atoms with Crippen LogP contribution in [0.5, 0.6) is 0 Å². The highest BCUT2D eigenvalue weighted by atomic mass is 35.5. The van der Waals surface area contributed by atoms with Gasteiger partial charge in [-0.2, -0.15) is 16.8 Å². The number of hydrogen-bond acceptors (Lipinski definition) is 6. The molecule has 1 aliphatic carbocycles. The fraction of sp³-hybridized carbons (Fsp3) is 0.394. The van der Waals surface area contributed by atoms with Crippen molar-refractivity contribution in [3.05, 3.63) is 106 Å². The summed E-state index contributed by atoms with van der Waals surface area (Å²) in [6.45, 7) is 10.3. The summed E-state index contributed by atoms with van der Waals surface area (Å²) in [7, 11) is -8.59. The van der Waals surface area contributed by atoms with E-state index in [0.29, 0.717) is 5.03 Å². The summed E-state index contributed by atoms with van der Waals surface area (Å²) in [5, 5.41) is 0.598. The molecule has 0 aromatic heterocycles. The van der Waals surface area contributed by atoms with Crippen molar-refractivity contribution in [2.24, 2.45) is 5.92 Å². The summed E-state index contributed by atoms with van der Waals surface area (Å²) in [4.78, 5) is 3.35. The zero-order valence-electron chi connectivity index (χ0n) is 25.5. The zero-order valence-corrected chi connectivity index (χ0v) is 27.9. The van der Waals surface area contributed by atoms with Gasteiger partial charge in [-0.05, 0) is 59.2 Å². The summed E-state index contributed by atoms with van der Waals surface area (Å²) in [5.41, 5.74) is 5.06. The molecule has 2 heterocycles. The maximum atomic E-state index is 12.0. The van der Waals surface area contributed by atoms with Gasteiger partial charge >= 0.3 is 0 Å². The van der Waals surface area contributed by atoms with Gasteiger partial charge in [-0.1, -0.05) is 101 Å². The number of halogens is 1. The summed E-state index contributed by atoms with van der Waals surface area (Å²) >= 11 is 7.02. The number of nitrogens with zero attached hydrogens (tertiary/aromatic N) is 2. The Morgan fingerprint density at radius 3 is 2.09 bits per heavy atom. The van der Waals surface area contributed by atoms with Gasteiger partial charge in [-0.3, -0.25) is 9.11 Å². The Balaban J connectivity index is 1.53. The predicted octanol–water partition coefficient (Wildman–Crippen LogP) is 6.93. The van der Waals surface area contributed by atoms with E-state index in [1.165, 1.54) is 0 Å². The van der Waals surface area contributed by atoms with Crippen LogP contribution in [0, 0.1) is 5.92 Å². The first-order valence-corrected chi connectivity index (χ1v) is 18.1. The van der Waals surface area contributed by atoms with Crippen LogP contribution in [0.1, 0.15) is 58.6 Å². The van der Waals surface area contributed by atoms with Crippen LogP contribution in [-0.4, -0.2) is 43.7 Å². The van der Waals surface area contributed by atoms with Crippen molar-refractivity contribution in [2.75, 3.05) is 21.6 Å². The first kappa shape index (κ1) is 32.5. The van der Waals surface area contributed by atoms with E-state index < -0.39 is 42.8 Å². The van der Waals surface area contributed by atoms with Gasteiger partial charge in [0.2, 0.25) is 0 Å². The molecule has 2 N–H and O–H groups in total. The maximum absolute atomic E-state index is 12.0. The number of allylic oxidation sites excluding steroid dienone is 7. The van der Waals surface area contributed by atoms with E-state index in [2.05, 4.69) is 20.8 Å². The highest BCUT2D eigenvalue weighted by Crippen LogP contribution is 2.49. The standard InChI is InChI=1S/C33H39ClN2O6S2/c1-22-18-23(14-16-29-32(2,3)25-10-6-8-12-27(25)35(29)20-43(37,38)39)31(34)24(19-22)15-17-30-33(4,5)26-11-7-9-13-28(26)36(30)21-44(40,41)42/h6-17,22,29H,18-21H2,1-5H3,(H,37,38,39)(H,40,41,42)/b16-14+,24-15+,30-17+. The average molecular weight is 659 g/mol. The Bertz CT molecular complexity index is 1820. The molecule has 0 spiro atoms. The smallest absolute Gasteiger partial charge is 0.283 e. The van der Waals surface area contributed by atoms with E-state index in [0.717, 1.165) is 52.2 Å². The first-order valence-electron chi connectivity index (χ1n) is 14.5. The second kappa shape index (κ2) is 11.5. The van der Waals surface area contributed by atoms with Crippen LogP contribution in [0.2, 0.25) is 0 Å². The summed E-state index contributed by atoms with van der Waals surface area (Å²) in [6.07, 6.45) is 9.22. The van der Waals surface area contributed by atoms with E-state index in [-0.39, 0.29) is 12.0 Å². The fourth-order valence-electron chi connectivity index (χ4n) is 6.96. The molecular formula is C33H39ClN2O6S2. The number of rotatable bonds is 7. The van der Waals surface area contributed by atoms with E-state index in [9.17, 15) is 25.9 Å². The van der Waals surface area contributed by atoms with Crippen molar-refractivity contribution in [1.29, 1.82) is 0 Å². The minimum absolute atomic E-state index is 0.271. The Kier molecular flexibility index (Phi) is 8.48. The summed E-state index contributed by atoms with van der Waals surface area (Å²) in [6, 6.07) is 14.9. The van der Waals surface area contributed by atoms with Crippen LogP contribution in [0.4, 0.5) is 11.4 Å². The molecule has 3 aliphatic rings. The molecule has 0 fully saturated rings. The minimum Gasteiger partial charge on any atom is -0.348 e. The van der Waals surface area contributed by atoms with Gasteiger partial charge in [-0.25, -0.2) is 0 Å². The monoisotopic (exact) mass is 658 g/mol. The second-order valence-corrected chi connectivity index (χ2v) is 16.3. The van der Waals surface area contributed by atoms with Gasteiger partial charge < -0.3 is 9.80 Å². The maximum Gasteiger partial charge on any atom is 0.283 e. The molecule has 2 atom stereocenters. The first-order chi connectivity index (χ1) is 20.4. The largest absolute Gasteiger partial charge is 0.348 e. The fourth-order valence-corrected chi connectivity index (χ4v) is 8.49. The number of hydrogen-bond donors (Lipinski definition) is 2. The van der Waals surface area contributed by atoms with Crippen molar-refractivity contribution in [3.8, 4) is 0 Å². The van der Waals surface area contributed by atoms with Crippen molar-refractivity contribution < 1.29 is 25.9 Å². The Morgan fingerprint density at radius 1 is 0.864 bits per heavy atom. The van der Waals surface area contributed by atoms with Gasteiger partial charge in [0.05, 0.1) is 6.04 Å². The van der Waals surface area contributed by atoms with Crippen molar-refractivity contribution in [1.82, 2.24) is 0 Å². The predicted molar refractivity (Wildman–Crippen MR) is 177 cm³/mol. The van der Waals surface area contributed by atoms with Gasteiger partial charge in [0, 0.05) is 32.9 Å². The lowest BCUT2D eigenvalue weighted by Crippen LogP contribution is -2.42. The molecule has 11 heteroatoms. The quantitative estimate of drug-likeness (QED) is 0.308. The van der Waals surface area contributed by atoms with Gasteiger partial charge in [0.15, 0.2) is 5.88 Å². The van der Waals surface area contributed by atoms with E-state index >= 15 is 0 Å². The highest BCUT2D eigenvalue weighted by molar-refractivity contribution is 7.86. The van der Waals surface area contributed by atoms with Crippen LogP contribution in [-0.2, 0) is 31.1 Å². The number of fused-ring (bicyclic) bond motifs is 2. The van der Waals surface area contributed by atoms with Crippen molar-refractivity contribution in [2.45, 2.75) is 64.3 Å². The lowest BCUT2D eigenvalue weighted by atomic mass is 9.79.